The molecule has 0 spiro atoms. The maximum absolute atomic E-state index is 12.9. The Kier molecular flexibility index (Phi) is 5.51. The van der Waals surface area contributed by atoms with E-state index < -0.39 is 10.0 Å². The maximum Gasteiger partial charge on any atom is 0.244 e. The molecule has 1 saturated carbocycles. The number of hydrogen-bond acceptors (Lipinski definition) is 3. The van der Waals surface area contributed by atoms with Crippen LogP contribution in [0.4, 0.5) is 0 Å². The van der Waals surface area contributed by atoms with Gasteiger partial charge in [0, 0.05) is 22.8 Å². The highest BCUT2D eigenvalue weighted by Gasteiger charge is 2.34. The fourth-order valence-electron chi connectivity index (χ4n) is 2.70. The number of hydrogen-bond donors (Lipinski definition) is 0. The van der Waals surface area contributed by atoms with Crippen LogP contribution < -0.4 is 0 Å². The molecule has 0 saturated heterocycles. The zero-order chi connectivity index (χ0) is 14.8. The lowest BCUT2D eigenvalue weighted by molar-refractivity contribution is 0.292. The largest absolute Gasteiger partial charge is 0.244 e. The van der Waals surface area contributed by atoms with Crippen LogP contribution in [0.3, 0.4) is 0 Å². The SMILES string of the molecule is CC(C)CN(C1CCCC1)S(=O)(=O)c1csc(CCl)c1. The second-order valence-corrected chi connectivity index (χ2v) is 8.94. The molecule has 1 aliphatic carbocycles. The molecule has 1 fully saturated rings. The van der Waals surface area contributed by atoms with E-state index in [0.717, 1.165) is 30.6 Å². The number of halogens is 1. The average Bonchev–Trinajstić information content (AvgIpc) is 3.06. The van der Waals surface area contributed by atoms with E-state index in [4.69, 9.17) is 11.6 Å². The van der Waals surface area contributed by atoms with Crippen LogP contribution in [0.25, 0.3) is 0 Å². The third kappa shape index (κ3) is 3.56. The van der Waals surface area contributed by atoms with Gasteiger partial charge in [-0.15, -0.1) is 22.9 Å². The summed E-state index contributed by atoms with van der Waals surface area (Å²) in [7, 11) is -3.38. The minimum Gasteiger partial charge on any atom is -0.207 e. The van der Waals surface area contributed by atoms with Crippen LogP contribution in [0.2, 0.25) is 0 Å². The van der Waals surface area contributed by atoms with E-state index in [9.17, 15) is 8.42 Å². The molecule has 20 heavy (non-hydrogen) atoms. The van der Waals surface area contributed by atoms with Gasteiger partial charge in [0.25, 0.3) is 0 Å². The Hall–Kier alpha value is -0.100. The molecule has 1 aromatic heterocycles. The molecule has 114 valence electrons. The Morgan fingerprint density at radius 1 is 1.40 bits per heavy atom. The van der Waals surface area contributed by atoms with E-state index in [1.807, 2.05) is 0 Å². The minimum absolute atomic E-state index is 0.168. The summed E-state index contributed by atoms with van der Waals surface area (Å²) >= 11 is 7.20. The minimum atomic E-state index is -3.38. The molecule has 0 unspecified atom stereocenters. The van der Waals surface area contributed by atoms with Crippen molar-refractivity contribution in [2.75, 3.05) is 6.54 Å². The van der Waals surface area contributed by atoms with Crippen molar-refractivity contribution in [3.05, 3.63) is 16.3 Å². The Balaban J connectivity index is 2.29. The normalized spacial score (nSPS) is 17.4. The number of thiophene rings is 1. The molecule has 1 heterocycles. The van der Waals surface area contributed by atoms with Crippen LogP contribution in [0.15, 0.2) is 16.3 Å². The van der Waals surface area contributed by atoms with Crippen molar-refractivity contribution < 1.29 is 8.42 Å². The van der Waals surface area contributed by atoms with Gasteiger partial charge >= 0.3 is 0 Å². The Labute approximate surface area is 131 Å². The molecule has 2 rings (SSSR count). The zero-order valence-corrected chi connectivity index (χ0v) is 14.4. The molecular weight excluding hydrogens is 314 g/mol. The summed E-state index contributed by atoms with van der Waals surface area (Å²) in [5, 5.41) is 1.72. The van der Waals surface area contributed by atoms with Crippen LogP contribution in [0.1, 0.15) is 44.4 Å². The molecular formula is C14H22ClNO2S2. The van der Waals surface area contributed by atoms with Crippen molar-refractivity contribution in [3.63, 3.8) is 0 Å². The van der Waals surface area contributed by atoms with Gasteiger partial charge in [-0.2, -0.15) is 4.31 Å². The Bertz CT molecular complexity index is 533. The van der Waals surface area contributed by atoms with Crippen LogP contribution in [-0.2, 0) is 15.9 Å². The summed E-state index contributed by atoms with van der Waals surface area (Å²) in [6.07, 6.45) is 4.23. The first-order valence-electron chi connectivity index (χ1n) is 7.10. The molecule has 0 bridgehead atoms. The van der Waals surface area contributed by atoms with Crippen molar-refractivity contribution in [1.29, 1.82) is 0 Å². The predicted octanol–water partition coefficient (Wildman–Crippen LogP) is 4.08. The van der Waals surface area contributed by atoms with Crippen LogP contribution >= 0.6 is 22.9 Å². The highest BCUT2D eigenvalue weighted by atomic mass is 35.5. The Morgan fingerprint density at radius 3 is 2.55 bits per heavy atom. The van der Waals surface area contributed by atoms with Gasteiger partial charge < -0.3 is 0 Å². The molecule has 0 aliphatic heterocycles. The first kappa shape index (κ1) is 16.3. The summed E-state index contributed by atoms with van der Waals surface area (Å²) < 4.78 is 27.5. The molecule has 0 amide bonds. The Morgan fingerprint density at radius 2 is 2.05 bits per heavy atom. The molecule has 0 atom stereocenters. The third-order valence-corrected chi connectivity index (χ3v) is 7.07. The van der Waals surface area contributed by atoms with E-state index in [-0.39, 0.29) is 6.04 Å². The van der Waals surface area contributed by atoms with Crippen LogP contribution in [-0.4, -0.2) is 25.3 Å². The zero-order valence-electron chi connectivity index (χ0n) is 12.0. The summed E-state index contributed by atoms with van der Waals surface area (Å²) in [4.78, 5) is 1.31. The summed E-state index contributed by atoms with van der Waals surface area (Å²) in [6.45, 7) is 4.73. The van der Waals surface area contributed by atoms with Crippen molar-refractivity contribution in [2.45, 2.75) is 56.3 Å². The van der Waals surface area contributed by atoms with Gasteiger partial charge in [0.15, 0.2) is 0 Å². The van der Waals surface area contributed by atoms with E-state index in [2.05, 4.69) is 13.8 Å². The highest BCUT2D eigenvalue weighted by Crippen LogP contribution is 2.31. The molecule has 3 nitrogen and oxygen atoms in total. The van der Waals surface area contributed by atoms with Gasteiger partial charge in [-0.3, -0.25) is 0 Å². The van der Waals surface area contributed by atoms with Gasteiger partial charge in [-0.05, 0) is 24.8 Å². The smallest absolute Gasteiger partial charge is 0.207 e. The number of sulfonamides is 1. The lowest BCUT2D eigenvalue weighted by atomic mass is 10.2. The fraction of sp³-hybridized carbons (Fsp3) is 0.714. The van der Waals surface area contributed by atoms with Gasteiger partial charge in [-0.1, -0.05) is 26.7 Å². The summed E-state index contributed by atoms with van der Waals surface area (Å²) in [6, 6.07) is 1.89. The quantitative estimate of drug-likeness (QED) is 0.735. The summed E-state index contributed by atoms with van der Waals surface area (Å²) in [5.41, 5.74) is 0. The lowest BCUT2D eigenvalue weighted by Crippen LogP contribution is -2.41. The molecule has 0 radical (unpaired) electrons. The number of rotatable bonds is 6. The number of nitrogens with zero attached hydrogens (tertiary/aromatic N) is 1. The summed E-state index contributed by atoms with van der Waals surface area (Å²) in [5.74, 6) is 0.699. The number of alkyl halides is 1. The van der Waals surface area contributed by atoms with Crippen molar-refractivity contribution in [3.8, 4) is 0 Å². The van der Waals surface area contributed by atoms with E-state index in [1.54, 1.807) is 15.8 Å². The maximum atomic E-state index is 12.9. The van der Waals surface area contributed by atoms with Crippen molar-refractivity contribution >= 4 is 33.0 Å². The van der Waals surface area contributed by atoms with E-state index >= 15 is 0 Å². The standard InChI is InChI=1S/C14H22ClNO2S2/c1-11(2)9-16(12-5-3-4-6-12)20(17,18)14-7-13(8-15)19-10-14/h7,10-12H,3-6,8-9H2,1-2H3. The fourth-order valence-corrected chi connectivity index (χ4v) is 5.92. The average molecular weight is 336 g/mol. The van der Waals surface area contributed by atoms with Gasteiger partial charge in [-0.25, -0.2) is 8.42 Å². The second kappa shape index (κ2) is 6.77. The first-order valence-corrected chi connectivity index (χ1v) is 9.95. The predicted molar refractivity (Wildman–Crippen MR) is 84.9 cm³/mol. The first-order chi connectivity index (χ1) is 9.45. The van der Waals surface area contributed by atoms with Crippen LogP contribution in [0.5, 0.6) is 0 Å². The molecule has 1 aliphatic rings. The van der Waals surface area contributed by atoms with Gasteiger partial charge in [0.05, 0.1) is 10.8 Å². The monoisotopic (exact) mass is 335 g/mol. The molecule has 1 aromatic rings. The van der Waals surface area contributed by atoms with Crippen molar-refractivity contribution in [1.82, 2.24) is 4.31 Å². The topological polar surface area (TPSA) is 37.4 Å². The van der Waals surface area contributed by atoms with E-state index in [1.165, 1.54) is 11.3 Å². The van der Waals surface area contributed by atoms with Gasteiger partial charge in [0.1, 0.15) is 0 Å². The highest BCUT2D eigenvalue weighted by molar-refractivity contribution is 7.89. The third-order valence-electron chi connectivity index (χ3n) is 3.65. The molecule has 6 heteroatoms. The second-order valence-electron chi connectivity index (χ2n) is 5.79. The molecule has 0 N–H and O–H groups in total. The molecule has 0 aromatic carbocycles. The van der Waals surface area contributed by atoms with Crippen LogP contribution in [0, 0.1) is 5.92 Å². The van der Waals surface area contributed by atoms with E-state index in [0.29, 0.717) is 23.2 Å². The van der Waals surface area contributed by atoms with Crippen molar-refractivity contribution in [2.24, 2.45) is 5.92 Å². The van der Waals surface area contributed by atoms with Gasteiger partial charge in [0.2, 0.25) is 10.0 Å². The lowest BCUT2D eigenvalue weighted by Gasteiger charge is -2.29.